The number of rotatable bonds is 8. The summed E-state index contributed by atoms with van der Waals surface area (Å²) in [6.45, 7) is 12.2. The van der Waals surface area contributed by atoms with E-state index in [1.165, 1.54) is 5.56 Å². The molecule has 1 N–H and O–H groups in total. The van der Waals surface area contributed by atoms with Gasteiger partial charge in [-0.3, -0.25) is 4.79 Å². The number of hydrogen-bond acceptors (Lipinski definition) is 3. The first-order valence-electron chi connectivity index (χ1n) is 11.9. The zero-order valence-electron chi connectivity index (χ0n) is 20.3. The molecule has 2 aromatic rings. The number of esters is 1. The first kappa shape index (κ1) is 24.8. The van der Waals surface area contributed by atoms with E-state index in [9.17, 15) is 9.59 Å². The Bertz CT molecular complexity index is 953. The van der Waals surface area contributed by atoms with Crippen LogP contribution in [0.3, 0.4) is 0 Å². The standard InChI is InChI=1S/C29H37NO3/c1-6-19-29(5,30-26(31)22-13-9-7-10-14-22)27(32)33-25-20-21(2)17-18-24(25)28(3,4)23-15-11-8-12-16-23/h6-16,21,24-25H,1,17-20H2,2-5H3,(H,30,31)/t21-,24-,25-,29+/m1/s1. The van der Waals surface area contributed by atoms with Crippen LogP contribution in [-0.2, 0) is 14.9 Å². The molecule has 176 valence electrons. The highest BCUT2D eigenvalue weighted by Gasteiger charge is 2.44. The van der Waals surface area contributed by atoms with Crippen molar-refractivity contribution in [3.63, 3.8) is 0 Å². The van der Waals surface area contributed by atoms with Crippen LogP contribution < -0.4 is 5.32 Å². The smallest absolute Gasteiger partial charge is 0.332 e. The summed E-state index contributed by atoms with van der Waals surface area (Å²) in [5, 5.41) is 2.91. The fourth-order valence-electron chi connectivity index (χ4n) is 5.02. The Labute approximate surface area is 198 Å². The molecular weight excluding hydrogens is 410 g/mol. The summed E-state index contributed by atoms with van der Waals surface area (Å²) in [5.41, 5.74) is 0.428. The summed E-state index contributed by atoms with van der Waals surface area (Å²) in [5.74, 6) is -0.0252. The molecule has 0 aromatic heterocycles. The van der Waals surface area contributed by atoms with Crippen molar-refractivity contribution in [1.82, 2.24) is 5.32 Å². The molecule has 4 heteroatoms. The minimum absolute atomic E-state index is 0.144. The maximum absolute atomic E-state index is 13.5. The van der Waals surface area contributed by atoms with Crippen molar-refractivity contribution in [2.75, 3.05) is 0 Å². The topological polar surface area (TPSA) is 55.4 Å². The molecule has 3 rings (SSSR count). The van der Waals surface area contributed by atoms with Crippen LogP contribution in [-0.4, -0.2) is 23.5 Å². The van der Waals surface area contributed by atoms with Crippen molar-refractivity contribution in [1.29, 1.82) is 0 Å². The number of amides is 1. The van der Waals surface area contributed by atoms with Crippen LogP contribution in [0.1, 0.15) is 69.3 Å². The summed E-state index contributed by atoms with van der Waals surface area (Å²) < 4.78 is 6.24. The van der Waals surface area contributed by atoms with E-state index in [4.69, 9.17) is 4.74 Å². The summed E-state index contributed by atoms with van der Waals surface area (Å²) in [6, 6.07) is 19.4. The zero-order valence-corrected chi connectivity index (χ0v) is 20.3. The summed E-state index contributed by atoms with van der Waals surface area (Å²) in [4.78, 5) is 26.4. The first-order valence-corrected chi connectivity index (χ1v) is 11.9. The highest BCUT2D eigenvalue weighted by Crippen LogP contribution is 2.44. The van der Waals surface area contributed by atoms with E-state index in [1.807, 2.05) is 12.1 Å². The van der Waals surface area contributed by atoms with Gasteiger partial charge in [0.05, 0.1) is 0 Å². The maximum atomic E-state index is 13.5. The number of benzene rings is 2. The number of nitrogens with one attached hydrogen (secondary N) is 1. The summed E-state index contributed by atoms with van der Waals surface area (Å²) in [7, 11) is 0. The van der Waals surface area contributed by atoms with Gasteiger partial charge in [-0.25, -0.2) is 4.79 Å². The monoisotopic (exact) mass is 447 g/mol. The zero-order chi connectivity index (χ0) is 24.1. The third kappa shape index (κ3) is 5.73. The minimum Gasteiger partial charge on any atom is -0.460 e. The third-order valence-electron chi connectivity index (χ3n) is 7.19. The van der Waals surface area contributed by atoms with Gasteiger partial charge in [-0.1, -0.05) is 81.8 Å². The van der Waals surface area contributed by atoms with E-state index >= 15 is 0 Å². The van der Waals surface area contributed by atoms with Gasteiger partial charge in [-0.2, -0.15) is 0 Å². The van der Waals surface area contributed by atoms with E-state index < -0.39 is 11.5 Å². The molecule has 4 nitrogen and oxygen atoms in total. The molecular formula is C29H37NO3. The normalized spacial score (nSPS) is 22.6. The highest BCUT2D eigenvalue weighted by molar-refractivity contribution is 5.98. The van der Waals surface area contributed by atoms with Gasteiger partial charge in [-0.15, -0.1) is 6.58 Å². The minimum atomic E-state index is -1.18. The van der Waals surface area contributed by atoms with Crippen LogP contribution >= 0.6 is 0 Å². The van der Waals surface area contributed by atoms with Crippen molar-refractivity contribution in [3.8, 4) is 0 Å². The third-order valence-corrected chi connectivity index (χ3v) is 7.19. The molecule has 1 amide bonds. The van der Waals surface area contributed by atoms with Gasteiger partial charge in [-0.05, 0) is 55.2 Å². The maximum Gasteiger partial charge on any atom is 0.332 e. The molecule has 0 saturated heterocycles. The van der Waals surface area contributed by atoms with E-state index in [0.717, 1.165) is 19.3 Å². The lowest BCUT2D eigenvalue weighted by Gasteiger charge is -2.44. The van der Waals surface area contributed by atoms with Gasteiger partial charge in [0.1, 0.15) is 11.6 Å². The SMILES string of the molecule is C=CC[C@](C)(NC(=O)c1ccccc1)C(=O)O[C@@H]1C[C@H](C)CC[C@H]1C(C)(C)c1ccccc1. The van der Waals surface area contributed by atoms with E-state index in [2.05, 4.69) is 56.9 Å². The molecule has 0 aliphatic heterocycles. The Kier molecular flexibility index (Phi) is 7.78. The summed E-state index contributed by atoms with van der Waals surface area (Å²) in [6.07, 6.45) is 4.66. The Balaban J connectivity index is 1.82. The van der Waals surface area contributed by atoms with Crippen molar-refractivity contribution in [2.24, 2.45) is 11.8 Å². The van der Waals surface area contributed by atoms with Crippen LogP contribution in [0, 0.1) is 11.8 Å². The van der Waals surface area contributed by atoms with E-state index in [1.54, 1.807) is 37.3 Å². The molecule has 0 spiro atoms. The Morgan fingerprint density at radius 2 is 1.64 bits per heavy atom. The van der Waals surface area contributed by atoms with E-state index in [0.29, 0.717) is 17.9 Å². The van der Waals surface area contributed by atoms with Gasteiger partial charge >= 0.3 is 5.97 Å². The molecule has 1 fully saturated rings. The molecule has 33 heavy (non-hydrogen) atoms. The Morgan fingerprint density at radius 3 is 2.24 bits per heavy atom. The molecule has 0 unspecified atom stereocenters. The van der Waals surface area contributed by atoms with Crippen molar-refractivity contribution >= 4 is 11.9 Å². The van der Waals surface area contributed by atoms with Gasteiger partial charge < -0.3 is 10.1 Å². The van der Waals surface area contributed by atoms with Crippen LogP contribution in [0.4, 0.5) is 0 Å². The lowest BCUT2D eigenvalue weighted by Crippen LogP contribution is -2.55. The van der Waals surface area contributed by atoms with Crippen molar-refractivity contribution < 1.29 is 14.3 Å². The fraction of sp³-hybridized carbons (Fsp3) is 0.448. The Morgan fingerprint density at radius 1 is 1.03 bits per heavy atom. The molecule has 1 aliphatic carbocycles. The largest absolute Gasteiger partial charge is 0.460 e. The van der Waals surface area contributed by atoms with Gasteiger partial charge in [0.2, 0.25) is 0 Å². The van der Waals surface area contributed by atoms with Crippen molar-refractivity contribution in [3.05, 3.63) is 84.4 Å². The second kappa shape index (κ2) is 10.4. The molecule has 0 bridgehead atoms. The quantitative estimate of drug-likeness (QED) is 0.394. The second-order valence-electron chi connectivity index (χ2n) is 10.2. The molecule has 1 saturated carbocycles. The van der Waals surface area contributed by atoms with Gasteiger partial charge in [0.15, 0.2) is 0 Å². The van der Waals surface area contributed by atoms with E-state index in [-0.39, 0.29) is 23.3 Å². The van der Waals surface area contributed by atoms with Gasteiger partial charge in [0, 0.05) is 11.5 Å². The lowest BCUT2D eigenvalue weighted by atomic mass is 9.64. The number of ether oxygens (including phenoxy) is 1. The Hall–Kier alpha value is -2.88. The number of carbonyl (C=O) groups excluding carboxylic acids is 2. The number of carbonyl (C=O) groups is 2. The predicted octanol–water partition coefficient (Wildman–Crippen LogP) is 6.08. The van der Waals surface area contributed by atoms with Crippen LogP contribution in [0.15, 0.2) is 73.3 Å². The average molecular weight is 448 g/mol. The van der Waals surface area contributed by atoms with Gasteiger partial charge in [0.25, 0.3) is 5.91 Å². The second-order valence-corrected chi connectivity index (χ2v) is 10.2. The molecule has 4 atom stereocenters. The van der Waals surface area contributed by atoms with Crippen LogP contribution in [0.5, 0.6) is 0 Å². The fourth-order valence-corrected chi connectivity index (χ4v) is 5.02. The molecule has 1 aliphatic rings. The number of hydrogen-bond donors (Lipinski definition) is 1. The highest BCUT2D eigenvalue weighted by atomic mass is 16.5. The van der Waals surface area contributed by atoms with Crippen LogP contribution in [0.25, 0.3) is 0 Å². The van der Waals surface area contributed by atoms with Crippen LogP contribution in [0.2, 0.25) is 0 Å². The summed E-state index contributed by atoms with van der Waals surface area (Å²) >= 11 is 0. The molecule has 0 heterocycles. The average Bonchev–Trinajstić information content (AvgIpc) is 2.80. The predicted molar refractivity (Wildman–Crippen MR) is 133 cm³/mol. The first-order chi connectivity index (χ1) is 15.7. The van der Waals surface area contributed by atoms with Crippen molar-refractivity contribution in [2.45, 2.75) is 70.4 Å². The molecule has 2 aromatic carbocycles. The lowest BCUT2D eigenvalue weighted by molar-refractivity contribution is -0.163. The molecule has 0 radical (unpaired) electrons.